The number of rotatable bonds is 8. The van der Waals surface area contributed by atoms with Gasteiger partial charge in [0.15, 0.2) is 6.10 Å². The van der Waals surface area contributed by atoms with Gasteiger partial charge in [-0.1, -0.05) is 54.6 Å². The van der Waals surface area contributed by atoms with E-state index in [-0.39, 0.29) is 23.5 Å². The molecule has 0 aliphatic heterocycles. The molecular formula is C24H22N2O6. The maximum absolute atomic E-state index is 12.4. The summed E-state index contributed by atoms with van der Waals surface area (Å²) in [5.74, 6) is -0.970. The normalized spacial score (nSPS) is 11.3. The zero-order valence-corrected chi connectivity index (χ0v) is 17.6. The van der Waals surface area contributed by atoms with E-state index in [1.54, 1.807) is 0 Å². The minimum Gasteiger partial charge on any atom is -0.496 e. The summed E-state index contributed by atoms with van der Waals surface area (Å²) in [6.45, 7) is 1.40. The Kier molecular flexibility index (Phi) is 7.17. The second-order valence-electron chi connectivity index (χ2n) is 7.00. The van der Waals surface area contributed by atoms with Crippen LogP contribution >= 0.6 is 0 Å². The number of nitro groups is 1. The Morgan fingerprint density at radius 1 is 1.00 bits per heavy atom. The van der Waals surface area contributed by atoms with Crippen LogP contribution in [0.15, 0.2) is 72.8 Å². The molecule has 1 unspecified atom stereocenters. The van der Waals surface area contributed by atoms with Gasteiger partial charge in [0.25, 0.3) is 11.6 Å². The predicted molar refractivity (Wildman–Crippen MR) is 119 cm³/mol. The minimum absolute atomic E-state index is 0.00459. The first-order valence-electron chi connectivity index (χ1n) is 9.84. The number of amides is 1. The number of nitrogens with zero attached hydrogens (tertiary/aromatic N) is 1. The lowest BCUT2D eigenvalue weighted by Crippen LogP contribution is -2.30. The van der Waals surface area contributed by atoms with Crippen molar-refractivity contribution < 1.29 is 24.0 Å². The number of ether oxygens (including phenoxy) is 2. The molecule has 164 valence electrons. The Bertz CT molecular complexity index is 1110. The van der Waals surface area contributed by atoms with Crippen molar-refractivity contribution in [3.8, 4) is 16.9 Å². The summed E-state index contributed by atoms with van der Waals surface area (Å²) in [7, 11) is 1.38. The molecule has 1 N–H and O–H groups in total. The molecule has 3 aromatic carbocycles. The van der Waals surface area contributed by atoms with Crippen molar-refractivity contribution >= 4 is 23.3 Å². The summed E-state index contributed by atoms with van der Waals surface area (Å²) in [6, 6.07) is 21.4. The van der Waals surface area contributed by atoms with Gasteiger partial charge in [0.2, 0.25) is 0 Å². The second-order valence-corrected chi connectivity index (χ2v) is 7.00. The van der Waals surface area contributed by atoms with Crippen molar-refractivity contribution in [2.45, 2.75) is 19.4 Å². The Hall–Kier alpha value is -4.20. The molecule has 32 heavy (non-hydrogen) atoms. The molecule has 0 radical (unpaired) electrons. The van der Waals surface area contributed by atoms with Gasteiger partial charge in [0, 0.05) is 0 Å². The van der Waals surface area contributed by atoms with Gasteiger partial charge in [-0.15, -0.1) is 0 Å². The molecule has 1 amide bonds. The van der Waals surface area contributed by atoms with Crippen molar-refractivity contribution in [3.05, 3.63) is 88.5 Å². The highest BCUT2D eigenvalue weighted by molar-refractivity contribution is 5.97. The van der Waals surface area contributed by atoms with E-state index in [1.165, 1.54) is 32.2 Å². The van der Waals surface area contributed by atoms with Gasteiger partial charge in [-0.2, -0.15) is 0 Å². The summed E-state index contributed by atoms with van der Waals surface area (Å²) in [6.07, 6.45) is -1.14. The van der Waals surface area contributed by atoms with Crippen LogP contribution in [0.25, 0.3) is 11.1 Å². The van der Waals surface area contributed by atoms with Gasteiger partial charge in [-0.3, -0.25) is 19.7 Å². The summed E-state index contributed by atoms with van der Waals surface area (Å²) < 4.78 is 10.2. The number of carbonyl (C=O) groups excluding carboxylic acids is 2. The third-order valence-corrected chi connectivity index (χ3v) is 4.75. The summed E-state index contributed by atoms with van der Waals surface area (Å²) in [5, 5.41) is 13.7. The number of anilines is 1. The van der Waals surface area contributed by atoms with Crippen LogP contribution in [-0.4, -0.2) is 30.0 Å². The molecule has 8 heteroatoms. The lowest BCUT2D eigenvalue weighted by molar-refractivity contribution is -0.384. The highest BCUT2D eigenvalue weighted by Crippen LogP contribution is 2.29. The Balaban J connectivity index is 1.58. The summed E-state index contributed by atoms with van der Waals surface area (Å²) in [4.78, 5) is 35.3. The molecule has 0 bridgehead atoms. The number of benzene rings is 3. The van der Waals surface area contributed by atoms with Crippen molar-refractivity contribution in [3.63, 3.8) is 0 Å². The van der Waals surface area contributed by atoms with Crippen LogP contribution < -0.4 is 10.1 Å². The number of nitro benzene ring substituents is 1. The van der Waals surface area contributed by atoms with E-state index in [0.29, 0.717) is 0 Å². The van der Waals surface area contributed by atoms with Gasteiger partial charge >= 0.3 is 5.97 Å². The smallest absolute Gasteiger partial charge is 0.311 e. The van der Waals surface area contributed by atoms with Gasteiger partial charge in [-0.25, -0.2) is 0 Å². The molecular weight excluding hydrogens is 412 g/mol. The number of esters is 1. The molecule has 0 fully saturated rings. The molecule has 0 saturated heterocycles. The highest BCUT2D eigenvalue weighted by Gasteiger charge is 2.22. The first kappa shape index (κ1) is 22.5. The average molecular weight is 434 g/mol. The fourth-order valence-corrected chi connectivity index (χ4v) is 3.03. The zero-order valence-electron chi connectivity index (χ0n) is 17.6. The van der Waals surface area contributed by atoms with Crippen LogP contribution in [0.5, 0.6) is 5.75 Å². The van der Waals surface area contributed by atoms with E-state index >= 15 is 0 Å². The van der Waals surface area contributed by atoms with Crippen molar-refractivity contribution in [1.82, 2.24) is 0 Å². The first-order chi connectivity index (χ1) is 15.4. The lowest BCUT2D eigenvalue weighted by Gasteiger charge is -2.14. The van der Waals surface area contributed by atoms with Crippen molar-refractivity contribution in [2.75, 3.05) is 12.4 Å². The minimum atomic E-state index is -1.13. The number of hydrogen-bond acceptors (Lipinski definition) is 6. The molecule has 3 aromatic rings. The quantitative estimate of drug-likeness (QED) is 0.320. The van der Waals surface area contributed by atoms with Gasteiger partial charge in [0.05, 0.1) is 24.5 Å². The van der Waals surface area contributed by atoms with E-state index in [2.05, 4.69) is 5.32 Å². The topological polar surface area (TPSA) is 108 Å². The lowest BCUT2D eigenvalue weighted by atomic mass is 10.0. The Morgan fingerprint density at radius 3 is 2.28 bits per heavy atom. The maximum Gasteiger partial charge on any atom is 0.311 e. The van der Waals surface area contributed by atoms with E-state index in [1.807, 2.05) is 54.6 Å². The number of nitrogens with one attached hydrogen (secondary N) is 1. The number of carbonyl (C=O) groups is 2. The van der Waals surface area contributed by atoms with Crippen LogP contribution in [0.1, 0.15) is 12.5 Å². The summed E-state index contributed by atoms with van der Waals surface area (Å²) >= 11 is 0. The number of methoxy groups -OCH3 is 1. The Labute approximate surface area is 184 Å². The highest BCUT2D eigenvalue weighted by atomic mass is 16.6. The van der Waals surface area contributed by atoms with Gasteiger partial charge < -0.3 is 14.8 Å². The van der Waals surface area contributed by atoms with Crippen LogP contribution in [-0.2, 0) is 20.7 Å². The van der Waals surface area contributed by atoms with Gasteiger partial charge in [-0.05, 0) is 35.7 Å². The van der Waals surface area contributed by atoms with E-state index in [4.69, 9.17) is 9.47 Å². The van der Waals surface area contributed by atoms with Crippen LogP contribution in [0.4, 0.5) is 11.4 Å². The second kappa shape index (κ2) is 10.2. The fourth-order valence-electron chi connectivity index (χ4n) is 3.03. The largest absolute Gasteiger partial charge is 0.496 e. The third-order valence-electron chi connectivity index (χ3n) is 4.75. The average Bonchev–Trinajstić information content (AvgIpc) is 2.80. The molecule has 0 saturated carbocycles. The van der Waals surface area contributed by atoms with Crippen LogP contribution in [0, 0.1) is 10.1 Å². The Morgan fingerprint density at radius 2 is 1.66 bits per heavy atom. The van der Waals surface area contributed by atoms with E-state index in [0.717, 1.165) is 16.7 Å². The predicted octanol–water partition coefficient (Wildman–Crippen LogP) is 4.38. The van der Waals surface area contributed by atoms with Gasteiger partial charge in [0.1, 0.15) is 11.4 Å². The first-order valence-corrected chi connectivity index (χ1v) is 9.84. The van der Waals surface area contributed by atoms with Crippen LogP contribution in [0.3, 0.4) is 0 Å². The van der Waals surface area contributed by atoms with Crippen LogP contribution in [0.2, 0.25) is 0 Å². The van der Waals surface area contributed by atoms with E-state index in [9.17, 15) is 19.7 Å². The molecule has 3 rings (SSSR count). The molecule has 0 spiro atoms. The molecule has 0 heterocycles. The zero-order chi connectivity index (χ0) is 23.1. The van der Waals surface area contributed by atoms with Crippen molar-refractivity contribution in [1.29, 1.82) is 0 Å². The molecule has 0 aromatic heterocycles. The van der Waals surface area contributed by atoms with E-state index < -0.39 is 22.9 Å². The monoisotopic (exact) mass is 434 g/mol. The summed E-state index contributed by atoms with van der Waals surface area (Å²) in [5.41, 5.74) is 2.50. The standard InChI is InChI=1S/C24H22N2O6/c1-16(24(28)25-21-13-12-20(31-2)15-22(21)26(29)30)32-23(27)14-17-8-10-19(11-9-17)18-6-4-3-5-7-18/h3-13,15-16H,14H2,1-2H3,(H,25,28). The SMILES string of the molecule is COc1ccc(NC(=O)C(C)OC(=O)Cc2ccc(-c3ccccc3)cc2)c([N+](=O)[O-])c1. The fraction of sp³-hybridized carbons (Fsp3) is 0.167. The molecule has 1 atom stereocenters. The maximum atomic E-state index is 12.4. The molecule has 0 aliphatic rings. The molecule has 0 aliphatic carbocycles. The third kappa shape index (κ3) is 5.69. The van der Waals surface area contributed by atoms with Crippen molar-refractivity contribution in [2.24, 2.45) is 0 Å². The number of hydrogen-bond donors (Lipinski definition) is 1. The molecule has 8 nitrogen and oxygen atoms in total.